The lowest BCUT2D eigenvalue weighted by molar-refractivity contribution is -0.122. The highest BCUT2D eigenvalue weighted by Crippen LogP contribution is 2.26. The molecule has 16 heavy (non-hydrogen) atoms. The number of hydrogen-bond acceptors (Lipinski definition) is 2. The molecule has 94 valence electrons. The maximum absolute atomic E-state index is 11.8. The van der Waals surface area contributed by atoms with Crippen molar-refractivity contribution in [3.63, 3.8) is 0 Å². The van der Waals surface area contributed by atoms with E-state index in [1.54, 1.807) is 0 Å². The van der Waals surface area contributed by atoms with Crippen LogP contribution in [0.1, 0.15) is 38.5 Å². The van der Waals surface area contributed by atoms with E-state index in [9.17, 15) is 13.6 Å². The molecule has 0 aromatic carbocycles. The Morgan fingerprint density at radius 3 is 2.81 bits per heavy atom. The maximum Gasteiger partial charge on any atom is 0.255 e. The molecule has 1 amide bonds. The lowest BCUT2D eigenvalue weighted by atomic mass is 9.83. The lowest BCUT2D eigenvalue weighted by Gasteiger charge is -2.26. The minimum atomic E-state index is -2.47. The molecule has 0 spiro atoms. The molecule has 1 saturated carbocycles. The van der Waals surface area contributed by atoms with E-state index >= 15 is 0 Å². The minimum Gasteiger partial charge on any atom is -0.350 e. The molecule has 3 N–H and O–H groups in total. The van der Waals surface area contributed by atoms with E-state index in [0.29, 0.717) is 12.3 Å². The quantitative estimate of drug-likeness (QED) is 0.760. The lowest BCUT2D eigenvalue weighted by Crippen LogP contribution is -2.31. The highest BCUT2D eigenvalue weighted by atomic mass is 19.3. The van der Waals surface area contributed by atoms with Gasteiger partial charge in [0.25, 0.3) is 6.43 Å². The zero-order valence-electron chi connectivity index (χ0n) is 9.42. The summed E-state index contributed by atoms with van der Waals surface area (Å²) in [6.45, 7) is -0.539. The Morgan fingerprint density at radius 1 is 1.44 bits per heavy atom. The van der Waals surface area contributed by atoms with Crippen LogP contribution in [-0.4, -0.2) is 24.9 Å². The Labute approximate surface area is 94.8 Å². The van der Waals surface area contributed by atoms with E-state index in [0.717, 1.165) is 32.1 Å². The average molecular weight is 234 g/mol. The second-order valence-corrected chi connectivity index (χ2v) is 4.53. The van der Waals surface area contributed by atoms with Crippen molar-refractivity contribution in [1.82, 2.24) is 5.32 Å². The van der Waals surface area contributed by atoms with Gasteiger partial charge in [0.05, 0.1) is 6.54 Å². The van der Waals surface area contributed by atoms with Crippen LogP contribution < -0.4 is 11.1 Å². The topological polar surface area (TPSA) is 55.1 Å². The monoisotopic (exact) mass is 234 g/mol. The largest absolute Gasteiger partial charge is 0.350 e. The van der Waals surface area contributed by atoms with Crippen molar-refractivity contribution in [3.05, 3.63) is 0 Å². The van der Waals surface area contributed by atoms with Gasteiger partial charge in [-0.05, 0) is 25.2 Å². The van der Waals surface area contributed by atoms with Gasteiger partial charge < -0.3 is 11.1 Å². The fraction of sp³-hybridized carbons (Fsp3) is 0.909. The predicted molar refractivity (Wildman–Crippen MR) is 58.2 cm³/mol. The molecule has 1 aliphatic carbocycles. The van der Waals surface area contributed by atoms with Crippen molar-refractivity contribution in [2.24, 2.45) is 11.7 Å². The molecule has 0 saturated heterocycles. The Balaban J connectivity index is 2.11. The summed E-state index contributed by atoms with van der Waals surface area (Å²) in [5.41, 5.74) is 5.83. The Kier molecular flexibility index (Phi) is 5.66. The average Bonchev–Trinajstić information content (AvgIpc) is 2.23. The van der Waals surface area contributed by atoms with Crippen LogP contribution in [0, 0.1) is 5.92 Å². The van der Waals surface area contributed by atoms with Crippen molar-refractivity contribution in [2.75, 3.05) is 6.54 Å². The van der Waals surface area contributed by atoms with Gasteiger partial charge in [-0.15, -0.1) is 0 Å². The molecule has 2 unspecified atom stereocenters. The molecule has 0 aliphatic heterocycles. The van der Waals surface area contributed by atoms with Gasteiger partial charge in [0.15, 0.2) is 0 Å². The summed E-state index contributed by atoms with van der Waals surface area (Å²) in [5, 5.41) is 2.21. The normalized spacial score (nSPS) is 25.8. The van der Waals surface area contributed by atoms with Gasteiger partial charge in [0.1, 0.15) is 0 Å². The number of carbonyl (C=O) groups excluding carboxylic acids is 1. The molecule has 0 aromatic heterocycles. The van der Waals surface area contributed by atoms with Gasteiger partial charge in [0, 0.05) is 12.5 Å². The van der Waals surface area contributed by atoms with Crippen LogP contribution in [0.5, 0.6) is 0 Å². The summed E-state index contributed by atoms with van der Waals surface area (Å²) in [4.78, 5) is 11.2. The number of nitrogens with one attached hydrogen (secondary N) is 1. The van der Waals surface area contributed by atoms with E-state index < -0.39 is 13.0 Å². The molecule has 0 heterocycles. The number of nitrogens with two attached hydrogens (primary N) is 1. The van der Waals surface area contributed by atoms with Crippen molar-refractivity contribution in [2.45, 2.75) is 51.0 Å². The number of amides is 1. The van der Waals surface area contributed by atoms with E-state index in [2.05, 4.69) is 5.32 Å². The predicted octanol–water partition coefficient (Wildman–Crippen LogP) is 1.67. The zero-order valence-corrected chi connectivity index (χ0v) is 9.42. The summed E-state index contributed by atoms with van der Waals surface area (Å²) >= 11 is 0. The first-order valence-corrected chi connectivity index (χ1v) is 5.88. The van der Waals surface area contributed by atoms with Crippen LogP contribution in [0.3, 0.4) is 0 Å². The van der Waals surface area contributed by atoms with Gasteiger partial charge in [-0.1, -0.05) is 12.8 Å². The molecule has 1 fully saturated rings. The number of alkyl halides is 2. The van der Waals surface area contributed by atoms with Gasteiger partial charge in [-0.25, -0.2) is 8.78 Å². The van der Waals surface area contributed by atoms with Crippen molar-refractivity contribution in [3.8, 4) is 0 Å². The summed E-state index contributed by atoms with van der Waals surface area (Å²) in [6.07, 6.45) is 2.88. The molecule has 0 bridgehead atoms. The summed E-state index contributed by atoms with van der Waals surface area (Å²) in [5.74, 6) is 0.209. The molecule has 5 heteroatoms. The van der Waals surface area contributed by atoms with Crippen molar-refractivity contribution in [1.29, 1.82) is 0 Å². The van der Waals surface area contributed by atoms with Crippen LogP contribution in [0.25, 0.3) is 0 Å². The van der Waals surface area contributed by atoms with E-state index in [4.69, 9.17) is 5.73 Å². The third-order valence-corrected chi connectivity index (χ3v) is 3.06. The fourth-order valence-corrected chi connectivity index (χ4v) is 2.21. The fourth-order valence-electron chi connectivity index (χ4n) is 2.21. The van der Waals surface area contributed by atoms with E-state index in [1.807, 2.05) is 0 Å². The molecule has 2 atom stereocenters. The third kappa shape index (κ3) is 5.39. The summed E-state index contributed by atoms with van der Waals surface area (Å²) in [6, 6.07) is 0.253. The van der Waals surface area contributed by atoms with Gasteiger partial charge in [-0.2, -0.15) is 0 Å². The van der Waals surface area contributed by atoms with Crippen LogP contribution in [0.2, 0.25) is 0 Å². The molecule has 3 nitrogen and oxygen atoms in total. The number of halogens is 2. The summed E-state index contributed by atoms with van der Waals surface area (Å²) in [7, 11) is 0. The third-order valence-electron chi connectivity index (χ3n) is 3.06. The van der Waals surface area contributed by atoms with Gasteiger partial charge in [-0.3, -0.25) is 4.79 Å². The highest BCUT2D eigenvalue weighted by molar-refractivity contribution is 5.75. The molecule has 1 rings (SSSR count). The van der Waals surface area contributed by atoms with E-state index in [1.165, 1.54) is 0 Å². The first kappa shape index (κ1) is 13.4. The Morgan fingerprint density at radius 2 is 2.19 bits per heavy atom. The first-order chi connectivity index (χ1) is 7.58. The second kappa shape index (κ2) is 6.78. The van der Waals surface area contributed by atoms with Gasteiger partial charge >= 0.3 is 0 Å². The molecule has 0 aromatic rings. The second-order valence-electron chi connectivity index (χ2n) is 4.53. The Hall–Kier alpha value is -0.710. The van der Waals surface area contributed by atoms with Crippen LogP contribution in [0.4, 0.5) is 8.78 Å². The van der Waals surface area contributed by atoms with Crippen molar-refractivity contribution >= 4 is 5.91 Å². The number of hydrogen-bond donors (Lipinski definition) is 2. The first-order valence-electron chi connectivity index (χ1n) is 5.88. The van der Waals surface area contributed by atoms with Crippen LogP contribution >= 0.6 is 0 Å². The minimum absolute atomic E-state index is 0.253. The smallest absolute Gasteiger partial charge is 0.255 e. The van der Waals surface area contributed by atoms with Crippen molar-refractivity contribution < 1.29 is 13.6 Å². The maximum atomic E-state index is 11.8. The highest BCUT2D eigenvalue weighted by Gasteiger charge is 2.19. The standard InChI is InChI=1S/C11H20F2N2O/c12-10(13)7-15-11(16)5-4-8-2-1-3-9(14)6-8/h8-10H,1-7,14H2,(H,15,16). The molecular formula is C11H20F2N2O. The summed E-state index contributed by atoms with van der Waals surface area (Å²) < 4.78 is 23.6. The number of carbonyl (C=O) groups is 1. The SMILES string of the molecule is NC1CCCC(CCC(=O)NCC(F)F)C1. The zero-order chi connectivity index (χ0) is 12.0. The molecule has 0 radical (unpaired) electrons. The molecule has 1 aliphatic rings. The van der Waals surface area contributed by atoms with Crippen LogP contribution in [0.15, 0.2) is 0 Å². The van der Waals surface area contributed by atoms with Gasteiger partial charge in [0.2, 0.25) is 5.91 Å². The number of rotatable bonds is 5. The van der Waals surface area contributed by atoms with Crippen LogP contribution in [-0.2, 0) is 4.79 Å². The molecular weight excluding hydrogens is 214 g/mol. The van der Waals surface area contributed by atoms with E-state index in [-0.39, 0.29) is 11.9 Å². The Bertz CT molecular complexity index is 224.